The smallest absolute Gasteiger partial charge is 0.00675 e. The van der Waals surface area contributed by atoms with Crippen molar-refractivity contribution < 1.29 is 0 Å². The molecule has 0 aliphatic rings. The highest BCUT2D eigenvalue weighted by Crippen LogP contribution is 2.11. The van der Waals surface area contributed by atoms with E-state index in [-0.39, 0.29) is 0 Å². The second-order valence-electron chi connectivity index (χ2n) is 4.45. The summed E-state index contributed by atoms with van der Waals surface area (Å²) in [7, 11) is 0. The maximum absolute atomic E-state index is 2.28. The number of thioether (sulfide) groups is 1. The summed E-state index contributed by atoms with van der Waals surface area (Å²) in [5.41, 5.74) is 0. The molecule has 0 amide bonds. The summed E-state index contributed by atoms with van der Waals surface area (Å²) in [6, 6.07) is 0. The van der Waals surface area contributed by atoms with Crippen LogP contribution in [0.1, 0.15) is 65.2 Å². The molecule has 0 aromatic carbocycles. The maximum Gasteiger partial charge on any atom is -0.00675 e. The second-order valence-corrected chi connectivity index (χ2v) is 5.67. The van der Waals surface area contributed by atoms with E-state index in [4.69, 9.17) is 0 Å². The van der Waals surface area contributed by atoms with Gasteiger partial charge in [0.05, 0.1) is 0 Å². The Labute approximate surface area is 113 Å². The van der Waals surface area contributed by atoms with Gasteiger partial charge in [-0.05, 0) is 63.9 Å². The highest BCUT2D eigenvalue weighted by molar-refractivity contribution is 7.99. The molecule has 0 fully saturated rings. The van der Waals surface area contributed by atoms with Gasteiger partial charge in [0.25, 0.3) is 0 Å². The van der Waals surface area contributed by atoms with Crippen LogP contribution in [0.15, 0.2) is 24.3 Å². The van der Waals surface area contributed by atoms with Gasteiger partial charge in [-0.2, -0.15) is 11.8 Å². The average molecular weight is 254 g/mol. The second kappa shape index (κ2) is 15.8. The third-order valence-corrected chi connectivity index (χ3v) is 3.95. The first kappa shape index (κ1) is 16.8. The van der Waals surface area contributed by atoms with Gasteiger partial charge in [-0.1, -0.05) is 37.1 Å². The fraction of sp³-hybridized carbons (Fsp3) is 0.750. The van der Waals surface area contributed by atoms with Crippen molar-refractivity contribution in [2.24, 2.45) is 0 Å². The van der Waals surface area contributed by atoms with E-state index in [1.807, 2.05) is 0 Å². The number of hydrogen-bond donors (Lipinski definition) is 0. The number of hydrogen-bond acceptors (Lipinski definition) is 1. The molecule has 0 spiro atoms. The third-order valence-electron chi connectivity index (χ3n) is 2.79. The Kier molecular flexibility index (Phi) is 15.7. The summed E-state index contributed by atoms with van der Waals surface area (Å²) >= 11 is 2.14. The molecule has 0 saturated heterocycles. The third kappa shape index (κ3) is 15.8. The van der Waals surface area contributed by atoms with E-state index >= 15 is 0 Å². The van der Waals surface area contributed by atoms with Crippen LogP contribution in [0.5, 0.6) is 0 Å². The minimum absolute atomic E-state index is 1.27. The van der Waals surface area contributed by atoms with Gasteiger partial charge in [-0.25, -0.2) is 0 Å². The van der Waals surface area contributed by atoms with E-state index in [1.165, 1.54) is 62.9 Å². The van der Waals surface area contributed by atoms with Gasteiger partial charge in [-0.3, -0.25) is 0 Å². The van der Waals surface area contributed by atoms with Gasteiger partial charge >= 0.3 is 0 Å². The van der Waals surface area contributed by atoms with Crippen molar-refractivity contribution in [3.63, 3.8) is 0 Å². The highest BCUT2D eigenvalue weighted by Gasteiger charge is 1.91. The van der Waals surface area contributed by atoms with Crippen molar-refractivity contribution >= 4 is 11.8 Å². The first-order valence-electron chi connectivity index (χ1n) is 7.22. The molecule has 0 rings (SSSR count). The first-order valence-corrected chi connectivity index (χ1v) is 8.37. The molecular formula is C16H30S. The van der Waals surface area contributed by atoms with E-state index in [0.717, 1.165) is 0 Å². The lowest BCUT2D eigenvalue weighted by Crippen LogP contribution is -1.85. The standard InChI is InChI=1S/C16H30S/c1-3-5-7-9-11-13-15-17-16-14-12-10-8-6-4-2/h3-6H,7-16H2,1-2H3/b5-3+,6-4+. The van der Waals surface area contributed by atoms with Crippen LogP contribution in [-0.2, 0) is 0 Å². The molecule has 100 valence electrons. The van der Waals surface area contributed by atoms with Gasteiger partial charge in [-0.15, -0.1) is 0 Å². The molecule has 0 atom stereocenters. The van der Waals surface area contributed by atoms with Crippen LogP contribution < -0.4 is 0 Å². The normalized spacial score (nSPS) is 11.9. The molecule has 0 aliphatic heterocycles. The Morgan fingerprint density at radius 1 is 0.647 bits per heavy atom. The van der Waals surface area contributed by atoms with Crippen molar-refractivity contribution in [2.75, 3.05) is 11.5 Å². The summed E-state index contributed by atoms with van der Waals surface area (Å²) in [5, 5.41) is 0. The molecule has 0 radical (unpaired) electrons. The number of allylic oxidation sites excluding steroid dienone is 4. The van der Waals surface area contributed by atoms with E-state index < -0.39 is 0 Å². The zero-order valence-corrected chi connectivity index (χ0v) is 12.6. The molecule has 0 N–H and O–H groups in total. The molecule has 0 aromatic rings. The molecule has 1 heteroatoms. The summed E-state index contributed by atoms with van der Waals surface area (Å²) in [4.78, 5) is 0. The lowest BCUT2D eigenvalue weighted by Gasteiger charge is -2.01. The van der Waals surface area contributed by atoms with Crippen LogP contribution in [-0.4, -0.2) is 11.5 Å². The topological polar surface area (TPSA) is 0 Å². The van der Waals surface area contributed by atoms with Crippen molar-refractivity contribution in [3.8, 4) is 0 Å². The Balaban J connectivity index is 2.94. The van der Waals surface area contributed by atoms with Gasteiger partial charge < -0.3 is 0 Å². The predicted molar refractivity (Wildman–Crippen MR) is 83.9 cm³/mol. The molecular weight excluding hydrogens is 224 g/mol. The molecule has 0 bridgehead atoms. The lowest BCUT2D eigenvalue weighted by molar-refractivity contribution is 0.726. The van der Waals surface area contributed by atoms with Crippen LogP contribution in [0.25, 0.3) is 0 Å². The lowest BCUT2D eigenvalue weighted by atomic mass is 10.2. The van der Waals surface area contributed by atoms with Crippen LogP contribution in [0.4, 0.5) is 0 Å². The van der Waals surface area contributed by atoms with E-state index in [2.05, 4.69) is 49.9 Å². The zero-order valence-electron chi connectivity index (χ0n) is 11.8. The monoisotopic (exact) mass is 254 g/mol. The van der Waals surface area contributed by atoms with Crippen molar-refractivity contribution in [3.05, 3.63) is 24.3 Å². The summed E-state index contributed by atoms with van der Waals surface area (Å²) in [6.07, 6.45) is 19.8. The quantitative estimate of drug-likeness (QED) is 0.304. The van der Waals surface area contributed by atoms with Gasteiger partial charge in [0.15, 0.2) is 0 Å². The number of unbranched alkanes of at least 4 members (excludes halogenated alkanes) is 6. The van der Waals surface area contributed by atoms with E-state index in [9.17, 15) is 0 Å². The molecule has 17 heavy (non-hydrogen) atoms. The molecule has 0 aliphatic carbocycles. The van der Waals surface area contributed by atoms with Gasteiger partial charge in [0, 0.05) is 0 Å². The van der Waals surface area contributed by atoms with Crippen LogP contribution in [0.3, 0.4) is 0 Å². The van der Waals surface area contributed by atoms with Crippen LogP contribution in [0.2, 0.25) is 0 Å². The van der Waals surface area contributed by atoms with Crippen molar-refractivity contribution in [1.82, 2.24) is 0 Å². The highest BCUT2D eigenvalue weighted by atomic mass is 32.2. The molecule has 0 saturated carbocycles. The molecule has 0 nitrogen and oxygen atoms in total. The van der Waals surface area contributed by atoms with Crippen molar-refractivity contribution in [2.45, 2.75) is 65.2 Å². The first-order chi connectivity index (χ1) is 8.41. The Bertz CT molecular complexity index is 162. The van der Waals surface area contributed by atoms with E-state index in [0.29, 0.717) is 0 Å². The maximum atomic E-state index is 2.28. The number of rotatable bonds is 12. The SMILES string of the molecule is C/C=C/CCCCCSCCCCC/C=C/C. The average Bonchev–Trinajstić information content (AvgIpc) is 2.35. The summed E-state index contributed by atoms with van der Waals surface area (Å²) in [6.45, 7) is 4.21. The van der Waals surface area contributed by atoms with Gasteiger partial charge in [0.2, 0.25) is 0 Å². The van der Waals surface area contributed by atoms with Crippen LogP contribution >= 0.6 is 11.8 Å². The summed E-state index contributed by atoms with van der Waals surface area (Å²) in [5.74, 6) is 2.73. The Hall–Kier alpha value is -0.170. The molecule has 0 heterocycles. The fourth-order valence-electron chi connectivity index (χ4n) is 1.72. The minimum Gasteiger partial charge on any atom is -0.162 e. The Morgan fingerprint density at radius 2 is 1.12 bits per heavy atom. The molecule has 0 aromatic heterocycles. The summed E-state index contributed by atoms with van der Waals surface area (Å²) < 4.78 is 0. The predicted octanol–water partition coefficient (Wildman–Crippen LogP) is 5.99. The molecule has 0 unspecified atom stereocenters. The Morgan fingerprint density at radius 3 is 1.53 bits per heavy atom. The largest absolute Gasteiger partial charge is 0.162 e. The fourth-order valence-corrected chi connectivity index (χ4v) is 2.74. The van der Waals surface area contributed by atoms with Crippen LogP contribution in [0, 0.1) is 0 Å². The minimum atomic E-state index is 1.27. The van der Waals surface area contributed by atoms with Crippen molar-refractivity contribution in [1.29, 1.82) is 0 Å². The van der Waals surface area contributed by atoms with E-state index in [1.54, 1.807) is 0 Å². The van der Waals surface area contributed by atoms with Gasteiger partial charge in [0.1, 0.15) is 0 Å². The zero-order chi connectivity index (χ0) is 12.6.